The molecule has 1 heterocycles. The highest BCUT2D eigenvalue weighted by Crippen LogP contribution is 2.14. The summed E-state index contributed by atoms with van der Waals surface area (Å²) in [6, 6.07) is 7.53. The molecule has 2 rings (SSSR count). The predicted octanol–water partition coefficient (Wildman–Crippen LogP) is 2.32. The number of rotatable bonds is 6. The van der Waals surface area contributed by atoms with E-state index in [0.717, 1.165) is 29.9 Å². The van der Waals surface area contributed by atoms with Gasteiger partial charge in [0.15, 0.2) is 0 Å². The van der Waals surface area contributed by atoms with Crippen molar-refractivity contribution in [2.75, 3.05) is 37.8 Å². The number of carbonyl (C=O) groups excluding carboxylic acids is 1. The molecular weight excluding hydrogens is 290 g/mol. The third-order valence-corrected chi connectivity index (χ3v) is 3.21. The quantitative estimate of drug-likeness (QED) is 0.856. The Kier molecular flexibility index (Phi) is 5.65. The predicted molar refractivity (Wildman–Crippen MR) is 92.9 cm³/mol. The van der Waals surface area contributed by atoms with Gasteiger partial charge in [-0.2, -0.15) is 0 Å². The lowest BCUT2D eigenvalue weighted by molar-refractivity contribution is 0.102. The van der Waals surface area contributed by atoms with Crippen molar-refractivity contribution < 1.29 is 4.79 Å². The van der Waals surface area contributed by atoms with Gasteiger partial charge in [-0.1, -0.05) is 6.07 Å². The Morgan fingerprint density at radius 3 is 2.52 bits per heavy atom. The average molecular weight is 313 g/mol. The molecule has 0 spiro atoms. The normalized spacial score (nSPS) is 10.7. The molecule has 2 N–H and O–H groups in total. The number of anilines is 2. The van der Waals surface area contributed by atoms with Gasteiger partial charge in [0.05, 0.1) is 0 Å². The smallest absolute Gasteiger partial charge is 0.274 e. The Labute approximate surface area is 137 Å². The van der Waals surface area contributed by atoms with Gasteiger partial charge in [-0.25, -0.2) is 9.97 Å². The van der Waals surface area contributed by atoms with Crippen LogP contribution in [0.4, 0.5) is 11.6 Å². The minimum absolute atomic E-state index is 0.243. The van der Waals surface area contributed by atoms with Crippen molar-refractivity contribution in [3.8, 4) is 0 Å². The molecular formula is C17H23N5O. The fourth-order valence-corrected chi connectivity index (χ4v) is 2.20. The summed E-state index contributed by atoms with van der Waals surface area (Å²) in [7, 11) is 3.99. The fraction of sp³-hybridized carbons (Fsp3) is 0.353. The topological polar surface area (TPSA) is 70.2 Å². The highest BCUT2D eigenvalue weighted by Gasteiger charge is 2.09. The average Bonchev–Trinajstić information content (AvgIpc) is 2.46. The molecule has 0 saturated carbocycles. The van der Waals surface area contributed by atoms with Crippen LogP contribution in [0.3, 0.4) is 0 Å². The summed E-state index contributed by atoms with van der Waals surface area (Å²) in [6.45, 7) is 5.58. The summed E-state index contributed by atoms with van der Waals surface area (Å²) in [5.74, 6) is 0.216. The molecule has 2 aromatic rings. The molecule has 6 heteroatoms. The lowest BCUT2D eigenvalue weighted by Crippen LogP contribution is -2.22. The Bertz CT molecular complexity index is 664. The number of nitrogens with zero attached hydrogens (tertiary/aromatic N) is 3. The third kappa shape index (κ3) is 5.34. The standard InChI is InChI=1S/C17H23N5O/c1-12-9-13(2)11-14(10-12)20-16(23)15-5-6-18-17(21-15)19-7-8-22(3)4/h5-6,9-11H,7-8H2,1-4H3,(H,20,23)(H,18,19,21). The van der Waals surface area contributed by atoms with Crippen LogP contribution in [0.15, 0.2) is 30.5 Å². The molecule has 122 valence electrons. The van der Waals surface area contributed by atoms with Crippen LogP contribution < -0.4 is 10.6 Å². The monoisotopic (exact) mass is 313 g/mol. The summed E-state index contributed by atoms with van der Waals surface area (Å²) >= 11 is 0. The van der Waals surface area contributed by atoms with Gasteiger partial charge in [0.2, 0.25) is 5.95 Å². The molecule has 0 bridgehead atoms. The molecule has 0 aliphatic rings. The first-order valence-electron chi connectivity index (χ1n) is 7.55. The van der Waals surface area contributed by atoms with E-state index >= 15 is 0 Å². The highest BCUT2D eigenvalue weighted by atomic mass is 16.1. The van der Waals surface area contributed by atoms with Gasteiger partial charge < -0.3 is 15.5 Å². The van der Waals surface area contributed by atoms with Crippen molar-refractivity contribution in [3.63, 3.8) is 0 Å². The Morgan fingerprint density at radius 1 is 1.17 bits per heavy atom. The van der Waals surface area contributed by atoms with Crippen molar-refractivity contribution in [1.29, 1.82) is 0 Å². The maximum Gasteiger partial charge on any atom is 0.274 e. The minimum Gasteiger partial charge on any atom is -0.353 e. The summed E-state index contributed by atoms with van der Waals surface area (Å²) < 4.78 is 0. The maximum atomic E-state index is 12.3. The first-order chi connectivity index (χ1) is 10.9. The van der Waals surface area contributed by atoms with E-state index in [1.54, 1.807) is 12.3 Å². The van der Waals surface area contributed by atoms with Crippen LogP contribution in [0.25, 0.3) is 0 Å². The highest BCUT2D eigenvalue weighted by molar-refractivity contribution is 6.03. The maximum absolute atomic E-state index is 12.3. The van der Waals surface area contributed by atoms with Crippen molar-refractivity contribution in [2.24, 2.45) is 0 Å². The molecule has 1 aromatic carbocycles. The second kappa shape index (κ2) is 7.69. The van der Waals surface area contributed by atoms with Crippen molar-refractivity contribution in [1.82, 2.24) is 14.9 Å². The van der Waals surface area contributed by atoms with Crippen LogP contribution in [-0.2, 0) is 0 Å². The second-order valence-electron chi connectivity index (χ2n) is 5.83. The van der Waals surface area contributed by atoms with Crippen molar-refractivity contribution in [2.45, 2.75) is 13.8 Å². The fourth-order valence-electron chi connectivity index (χ4n) is 2.20. The van der Waals surface area contributed by atoms with E-state index < -0.39 is 0 Å². The van der Waals surface area contributed by atoms with E-state index in [1.807, 2.05) is 40.1 Å². The van der Waals surface area contributed by atoms with Crippen LogP contribution >= 0.6 is 0 Å². The third-order valence-electron chi connectivity index (χ3n) is 3.21. The zero-order valence-corrected chi connectivity index (χ0v) is 14.1. The number of likely N-dealkylation sites (N-methyl/N-ethyl adjacent to an activating group) is 1. The van der Waals surface area contributed by atoms with Gasteiger partial charge in [0, 0.05) is 25.0 Å². The van der Waals surface area contributed by atoms with Crippen LogP contribution in [0, 0.1) is 13.8 Å². The second-order valence-corrected chi connectivity index (χ2v) is 5.83. The first kappa shape index (κ1) is 16.9. The molecule has 6 nitrogen and oxygen atoms in total. The Balaban J connectivity index is 2.04. The zero-order chi connectivity index (χ0) is 16.8. The van der Waals surface area contributed by atoms with E-state index in [-0.39, 0.29) is 5.91 Å². The van der Waals surface area contributed by atoms with E-state index in [2.05, 4.69) is 31.6 Å². The summed E-state index contributed by atoms with van der Waals surface area (Å²) in [5.41, 5.74) is 3.32. The largest absolute Gasteiger partial charge is 0.353 e. The molecule has 1 aromatic heterocycles. The Morgan fingerprint density at radius 2 is 1.87 bits per heavy atom. The number of amides is 1. The minimum atomic E-state index is -0.243. The molecule has 0 aliphatic heterocycles. The van der Waals surface area contributed by atoms with Crippen molar-refractivity contribution >= 4 is 17.5 Å². The SMILES string of the molecule is Cc1cc(C)cc(NC(=O)c2ccnc(NCCN(C)C)n2)c1. The van der Waals surface area contributed by atoms with Gasteiger partial charge in [-0.05, 0) is 57.3 Å². The lowest BCUT2D eigenvalue weighted by atomic mass is 10.1. The van der Waals surface area contributed by atoms with E-state index in [4.69, 9.17) is 0 Å². The van der Waals surface area contributed by atoms with E-state index in [1.165, 1.54) is 0 Å². The molecule has 0 radical (unpaired) electrons. The van der Waals surface area contributed by atoms with Crippen LogP contribution in [0.1, 0.15) is 21.6 Å². The van der Waals surface area contributed by atoms with Gasteiger partial charge in [0.25, 0.3) is 5.91 Å². The van der Waals surface area contributed by atoms with Crippen LogP contribution in [0.5, 0.6) is 0 Å². The van der Waals surface area contributed by atoms with Gasteiger partial charge in [-0.15, -0.1) is 0 Å². The number of carbonyl (C=O) groups is 1. The molecule has 0 unspecified atom stereocenters. The van der Waals surface area contributed by atoms with Crippen LogP contribution in [-0.4, -0.2) is 48.0 Å². The molecule has 0 aliphatic carbocycles. The zero-order valence-electron chi connectivity index (χ0n) is 14.1. The van der Waals surface area contributed by atoms with E-state index in [0.29, 0.717) is 11.6 Å². The lowest BCUT2D eigenvalue weighted by Gasteiger charge is -2.11. The summed E-state index contributed by atoms with van der Waals surface area (Å²) in [4.78, 5) is 22.8. The molecule has 1 amide bonds. The van der Waals surface area contributed by atoms with Crippen LogP contribution in [0.2, 0.25) is 0 Å². The van der Waals surface area contributed by atoms with Gasteiger partial charge >= 0.3 is 0 Å². The van der Waals surface area contributed by atoms with Crippen molar-refractivity contribution in [3.05, 3.63) is 47.3 Å². The number of hydrogen-bond acceptors (Lipinski definition) is 5. The molecule has 23 heavy (non-hydrogen) atoms. The van der Waals surface area contributed by atoms with Gasteiger partial charge in [0.1, 0.15) is 5.69 Å². The molecule has 0 saturated heterocycles. The number of nitrogens with one attached hydrogen (secondary N) is 2. The van der Waals surface area contributed by atoms with E-state index in [9.17, 15) is 4.79 Å². The number of aryl methyl sites for hydroxylation is 2. The summed E-state index contributed by atoms with van der Waals surface area (Å²) in [5, 5.41) is 5.99. The van der Waals surface area contributed by atoms with Gasteiger partial charge in [-0.3, -0.25) is 4.79 Å². The number of benzene rings is 1. The number of hydrogen-bond donors (Lipinski definition) is 2. The first-order valence-corrected chi connectivity index (χ1v) is 7.55. The molecule has 0 fully saturated rings. The number of aromatic nitrogens is 2. The summed E-state index contributed by atoms with van der Waals surface area (Å²) in [6.07, 6.45) is 1.58. The molecule has 0 atom stereocenters. The Hall–Kier alpha value is -2.47.